The standard InChI is InChI=1S/C14H16N2O2S/c1-16(2)14(17)12-6-5-10(15)8-13(12)18-9-11-4-3-7-19-11/h3-8H,9,15H2,1-2H3. The SMILES string of the molecule is CN(C)C(=O)c1ccc(N)cc1OCc1cccs1. The maximum atomic E-state index is 12.0. The minimum Gasteiger partial charge on any atom is -0.487 e. The van der Waals surface area contributed by atoms with Crippen molar-refractivity contribution in [2.75, 3.05) is 19.8 Å². The second-order valence-electron chi connectivity index (χ2n) is 4.32. The van der Waals surface area contributed by atoms with Gasteiger partial charge in [0.15, 0.2) is 0 Å². The molecule has 0 fully saturated rings. The van der Waals surface area contributed by atoms with Crippen LogP contribution in [0.3, 0.4) is 0 Å². The lowest BCUT2D eigenvalue weighted by atomic mass is 10.1. The number of carbonyl (C=O) groups excluding carboxylic acids is 1. The Morgan fingerprint density at radius 1 is 1.37 bits per heavy atom. The molecule has 0 saturated heterocycles. The van der Waals surface area contributed by atoms with Gasteiger partial charge >= 0.3 is 0 Å². The van der Waals surface area contributed by atoms with E-state index >= 15 is 0 Å². The van der Waals surface area contributed by atoms with Gasteiger partial charge in [0.25, 0.3) is 5.91 Å². The first kappa shape index (κ1) is 13.4. The van der Waals surface area contributed by atoms with Crippen LogP contribution in [-0.2, 0) is 6.61 Å². The van der Waals surface area contributed by atoms with E-state index in [4.69, 9.17) is 10.5 Å². The van der Waals surface area contributed by atoms with Crippen LogP contribution in [0.4, 0.5) is 5.69 Å². The minimum atomic E-state index is -0.0961. The summed E-state index contributed by atoms with van der Waals surface area (Å²) in [5.41, 5.74) is 6.85. The fourth-order valence-corrected chi connectivity index (χ4v) is 2.24. The molecule has 0 aliphatic rings. The summed E-state index contributed by atoms with van der Waals surface area (Å²) in [5, 5.41) is 1.99. The maximum absolute atomic E-state index is 12.0. The Hall–Kier alpha value is -2.01. The molecule has 0 radical (unpaired) electrons. The van der Waals surface area contributed by atoms with Crippen molar-refractivity contribution in [3.8, 4) is 5.75 Å². The molecule has 5 heteroatoms. The fraction of sp³-hybridized carbons (Fsp3) is 0.214. The summed E-state index contributed by atoms with van der Waals surface area (Å²) in [6.45, 7) is 0.439. The van der Waals surface area contributed by atoms with E-state index in [1.165, 1.54) is 4.90 Å². The van der Waals surface area contributed by atoms with Crippen LogP contribution < -0.4 is 10.5 Å². The van der Waals surface area contributed by atoms with Crippen LogP contribution >= 0.6 is 11.3 Å². The number of hydrogen-bond donors (Lipinski definition) is 1. The van der Waals surface area contributed by atoms with Crippen molar-refractivity contribution >= 4 is 22.9 Å². The second-order valence-corrected chi connectivity index (χ2v) is 5.36. The lowest BCUT2D eigenvalue weighted by molar-refractivity contribution is 0.0823. The zero-order chi connectivity index (χ0) is 13.8. The largest absolute Gasteiger partial charge is 0.487 e. The van der Waals surface area contributed by atoms with Crippen molar-refractivity contribution < 1.29 is 9.53 Å². The number of amides is 1. The molecule has 0 bridgehead atoms. The summed E-state index contributed by atoms with van der Waals surface area (Å²) in [4.78, 5) is 14.7. The molecule has 0 atom stereocenters. The molecule has 2 rings (SSSR count). The van der Waals surface area contributed by atoms with Crippen molar-refractivity contribution in [2.45, 2.75) is 6.61 Å². The number of nitrogens with zero attached hydrogens (tertiary/aromatic N) is 1. The molecule has 0 aliphatic carbocycles. The molecular formula is C14H16N2O2S. The van der Waals surface area contributed by atoms with E-state index < -0.39 is 0 Å². The molecule has 1 aromatic carbocycles. The van der Waals surface area contributed by atoms with Gasteiger partial charge in [-0.05, 0) is 23.6 Å². The van der Waals surface area contributed by atoms with Gasteiger partial charge in [0, 0.05) is 30.7 Å². The van der Waals surface area contributed by atoms with Crippen LogP contribution in [0.25, 0.3) is 0 Å². The number of thiophene rings is 1. The average molecular weight is 276 g/mol. The highest BCUT2D eigenvalue weighted by atomic mass is 32.1. The average Bonchev–Trinajstić information content (AvgIpc) is 2.88. The van der Waals surface area contributed by atoms with Gasteiger partial charge in [0.2, 0.25) is 0 Å². The van der Waals surface area contributed by atoms with E-state index in [1.807, 2.05) is 17.5 Å². The molecule has 2 N–H and O–H groups in total. The normalized spacial score (nSPS) is 10.2. The lowest BCUT2D eigenvalue weighted by Gasteiger charge is -2.15. The van der Waals surface area contributed by atoms with Crippen LogP contribution in [0.1, 0.15) is 15.2 Å². The maximum Gasteiger partial charge on any atom is 0.257 e. The Balaban J connectivity index is 2.22. The number of carbonyl (C=O) groups is 1. The summed E-state index contributed by atoms with van der Waals surface area (Å²) < 4.78 is 5.72. The van der Waals surface area contributed by atoms with Gasteiger partial charge in [0.1, 0.15) is 12.4 Å². The van der Waals surface area contributed by atoms with Crippen LogP contribution in [0, 0.1) is 0 Å². The Morgan fingerprint density at radius 2 is 2.16 bits per heavy atom. The number of nitrogen functional groups attached to an aromatic ring is 1. The van der Waals surface area contributed by atoms with Crippen LogP contribution in [-0.4, -0.2) is 24.9 Å². The smallest absolute Gasteiger partial charge is 0.257 e. The van der Waals surface area contributed by atoms with E-state index in [-0.39, 0.29) is 5.91 Å². The van der Waals surface area contributed by atoms with Gasteiger partial charge in [-0.15, -0.1) is 11.3 Å². The molecule has 1 heterocycles. The predicted octanol–water partition coefficient (Wildman–Crippen LogP) is 2.61. The first-order valence-corrected chi connectivity index (χ1v) is 6.72. The molecule has 4 nitrogen and oxygen atoms in total. The van der Waals surface area contributed by atoms with Crippen LogP contribution in [0.2, 0.25) is 0 Å². The molecule has 100 valence electrons. The molecule has 0 saturated carbocycles. The van der Waals surface area contributed by atoms with E-state index in [2.05, 4.69) is 0 Å². The highest BCUT2D eigenvalue weighted by Crippen LogP contribution is 2.24. The molecule has 0 unspecified atom stereocenters. The number of hydrogen-bond acceptors (Lipinski definition) is 4. The summed E-state index contributed by atoms with van der Waals surface area (Å²) in [7, 11) is 3.42. The number of rotatable bonds is 4. The van der Waals surface area contributed by atoms with Gasteiger partial charge in [0.05, 0.1) is 5.56 Å². The molecule has 2 aromatic rings. The number of ether oxygens (including phenoxy) is 1. The summed E-state index contributed by atoms with van der Waals surface area (Å²) in [6.07, 6.45) is 0. The van der Waals surface area contributed by atoms with E-state index in [1.54, 1.807) is 43.6 Å². The van der Waals surface area contributed by atoms with Crippen molar-refractivity contribution in [1.29, 1.82) is 0 Å². The first-order chi connectivity index (χ1) is 9.08. The topological polar surface area (TPSA) is 55.6 Å². The van der Waals surface area contributed by atoms with Crippen molar-refractivity contribution in [2.24, 2.45) is 0 Å². The third-order valence-electron chi connectivity index (χ3n) is 2.59. The van der Waals surface area contributed by atoms with Gasteiger partial charge in [-0.25, -0.2) is 0 Å². The minimum absolute atomic E-state index is 0.0961. The highest BCUT2D eigenvalue weighted by Gasteiger charge is 2.15. The zero-order valence-corrected chi connectivity index (χ0v) is 11.7. The lowest BCUT2D eigenvalue weighted by Crippen LogP contribution is -2.22. The fourth-order valence-electron chi connectivity index (χ4n) is 1.62. The summed E-state index contributed by atoms with van der Waals surface area (Å²) in [5.74, 6) is 0.424. The van der Waals surface area contributed by atoms with Crippen LogP contribution in [0.15, 0.2) is 35.7 Å². The molecule has 1 aromatic heterocycles. The number of nitrogens with two attached hydrogens (primary N) is 1. The Labute approximate surface area is 116 Å². The quantitative estimate of drug-likeness (QED) is 0.873. The third-order valence-corrected chi connectivity index (χ3v) is 3.44. The zero-order valence-electron chi connectivity index (χ0n) is 10.9. The van der Waals surface area contributed by atoms with E-state index in [0.717, 1.165) is 4.88 Å². The van der Waals surface area contributed by atoms with Gasteiger partial charge in [-0.3, -0.25) is 4.79 Å². The van der Waals surface area contributed by atoms with Gasteiger partial charge in [-0.1, -0.05) is 6.07 Å². The summed E-state index contributed by atoms with van der Waals surface area (Å²) >= 11 is 1.62. The predicted molar refractivity (Wildman–Crippen MR) is 77.5 cm³/mol. The summed E-state index contributed by atoms with van der Waals surface area (Å²) in [6, 6.07) is 9.04. The van der Waals surface area contributed by atoms with Crippen molar-refractivity contribution in [1.82, 2.24) is 4.90 Å². The molecule has 0 spiro atoms. The molecule has 0 aliphatic heterocycles. The number of anilines is 1. The third kappa shape index (κ3) is 3.26. The van der Waals surface area contributed by atoms with Crippen LogP contribution in [0.5, 0.6) is 5.75 Å². The van der Waals surface area contributed by atoms with Crippen molar-refractivity contribution in [3.63, 3.8) is 0 Å². The van der Waals surface area contributed by atoms with Gasteiger partial charge in [-0.2, -0.15) is 0 Å². The van der Waals surface area contributed by atoms with Crippen molar-refractivity contribution in [3.05, 3.63) is 46.2 Å². The van der Waals surface area contributed by atoms with E-state index in [0.29, 0.717) is 23.6 Å². The Bertz CT molecular complexity index is 565. The second kappa shape index (κ2) is 5.75. The Kier molecular flexibility index (Phi) is 4.06. The first-order valence-electron chi connectivity index (χ1n) is 5.84. The van der Waals surface area contributed by atoms with E-state index in [9.17, 15) is 4.79 Å². The molecule has 1 amide bonds. The highest BCUT2D eigenvalue weighted by molar-refractivity contribution is 7.09. The Morgan fingerprint density at radius 3 is 2.79 bits per heavy atom. The number of benzene rings is 1. The molecule has 19 heavy (non-hydrogen) atoms. The monoisotopic (exact) mass is 276 g/mol. The van der Waals surface area contributed by atoms with Gasteiger partial charge < -0.3 is 15.4 Å². The molecular weight excluding hydrogens is 260 g/mol.